The highest BCUT2D eigenvalue weighted by molar-refractivity contribution is 5.89. The van der Waals surface area contributed by atoms with Gasteiger partial charge in [0, 0.05) is 11.8 Å². The zero-order chi connectivity index (χ0) is 15.2. The molecule has 0 aliphatic rings. The predicted molar refractivity (Wildman–Crippen MR) is 75.5 cm³/mol. The smallest absolute Gasteiger partial charge is 0.319 e. The van der Waals surface area contributed by atoms with Crippen molar-refractivity contribution in [3.63, 3.8) is 0 Å². The van der Waals surface area contributed by atoms with Gasteiger partial charge in [0.2, 0.25) is 0 Å². The lowest BCUT2D eigenvalue weighted by Crippen LogP contribution is -2.50. The van der Waals surface area contributed by atoms with Gasteiger partial charge in [0.15, 0.2) is 11.6 Å². The molecule has 1 atom stereocenters. The van der Waals surface area contributed by atoms with E-state index in [1.54, 1.807) is 6.92 Å². The fourth-order valence-corrected chi connectivity index (χ4v) is 1.91. The van der Waals surface area contributed by atoms with E-state index >= 15 is 0 Å². The van der Waals surface area contributed by atoms with E-state index in [-0.39, 0.29) is 12.4 Å². The van der Waals surface area contributed by atoms with Crippen molar-refractivity contribution in [2.45, 2.75) is 32.2 Å². The Bertz CT molecular complexity index is 468. The number of hydrogen-bond acceptors (Lipinski definition) is 3. The Balaban J connectivity index is 2.68. The van der Waals surface area contributed by atoms with Crippen molar-refractivity contribution >= 4 is 11.7 Å². The van der Waals surface area contributed by atoms with Crippen molar-refractivity contribution in [2.24, 2.45) is 0 Å². The molecule has 0 spiro atoms. The Morgan fingerprint density at radius 2 is 2.20 bits per heavy atom. The summed E-state index contributed by atoms with van der Waals surface area (Å²) in [4.78, 5) is 11.8. The monoisotopic (exact) mass is 284 g/mol. The van der Waals surface area contributed by atoms with Gasteiger partial charge >= 0.3 is 6.03 Å². The van der Waals surface area contributed by atoms with Crippen LogP contribution >= 0.6 is 0 Å². The Labute approximate surface area is 118 Å². The lowest BCUT2D eigenvalue weighted by atomic mass is 9.98. The van der Waals surface area contributed by atoms with Crippen molar-refractivity contribution in [3.8, 4) is 5.75 Å². The molecule has 0 aliphatic heterocycles. The zero-order valence-corrected chi connectivity index (χ0v) is 12.0. The summed E-state index contributed by atoms with van der Waals surface area (Å²) < 4.78 is 18.3. The summed E-state index contributed by atoms with van der Waals surface area (Å²) in [7, 11) is 1.37. The highest BCUT2D eigenvalue weighted by atomic mass is 19.1. The molecule has 20 heavy (non-hydrogen) atoms. The van der Waals surface area contributed by atoms with Gasteiger partial charge in [0.1, 0.15) is 0 Å². The van der Waals surface area contributed by atoms with E-state index in [0.29, 0.717) is 12.1 Å². The number of halogens is 1. The molecule has 0 aromatic heterocycles. The van der Waals surface area contributed by atoms with Crippen molar-refractivity contribution in [1.82, 2.24) is 5.32 Å². The third-order valence-electron chi connectivity index (χ3n) is 2.98. The van der Waals surface area contributed by atoms with E-state index < -0.39 is 17.4 Å². The second-order valence-corrected chi connectivity index (χ2v) is 4.90. The molecular weight excluding hydrogens is 263 g/mol. The molecule has 0 saturated carbocycles. The topological polar surface area (TPSA) is 70.6 Å². The molecule has 0 heterocycles. The summed E-state index contributed by atoms with van der Waals surface area (Å²) in [6.45, 7) is 3.56. The second-order valence-electron chi connectivity index (χ2n) is 4.90. The minimum Gasteiger partial charge on any atom is -0.494 e. The lowest BCUT2D eigenvalue weighted by molar-refractivity contribution is 0.167. The fourth-order valence-electron chi connectivity index (χ4n) is 1.91. The average molecular weight is 284 g/mol. The van der Waals surface area contributed by atoms with Crippen LogP contribution in [0.4, 0.5) is 14.9 Å². The molecule has 2 amide bonds. The number of rotatable bonds is 6. The first-order chi connectivity index (χ1) is 9.44. The van der Waals surface area contributed by atoms with Gasteiger partial charge in [-0.1, -0.05) is 13.3 Å². The summed E-state index contributed by atoms with van der Waals surface area (Å²) in [5, 5.41) is 14.5. The first-order valence-electron chi connectivity index (χ1n) is 6.47. The highest BCUT2D eigenvalue weighted by Gasteiger charge is 2.24. The summed E-state index contributed by atoms with van der Waals surface area (Å²) in [6, 6.07) is 3.66. The normalized spacial score (nSPS) is 13.4. The van der Waals surface area contributed by atoms with Crippen LogP contribution in [0.3, 0.4) is 0 Å². The van der Waals surface area contributed by atoms with Gasteiger partial charge in [-0.2, -0.15) is 0 Å². The maximum Gasteiger partial charge on any atom is 0.319 e. The van der Waals surface area contributed by atoms with Crippen molar-refractivity contribution in [3.05, 3.63) is 24.0 Å². The standard InChI is InChI=1S/C14H21FN2O3/c1-4-7-14(2,9-18)17-13(19)16-10-5-6-12(20-3)11(15)8-10/h5-6,8,18H,4,7,9H2,1-3H3,(H2,16,17,19). The van der Waals surface area contributed by atoms with Crippen LogP contribution in [0.2, 0.25) is 0 Å². The molecule has 1 rings (SSSR count). The number of aliphatic hydroxyl groups is 1. The van der Waals surface area contributed by atoms with Gasteiger partial charge in [-0.3, -0.25) is 0 Å². The fraction of sp³-hybridized carbons (Fsp3) is 0.500. The van der Waals surface area contributed by atoms with Crippen LogP contribution in [-0.4, -0.2) is 30.4 Å². The van der Waals surface area contributed by atoms with Crippen molar-refractivity contribution in [2.75, 3.05) is 19.0 Å². The number of ether oxygens (including phenoxy) is 1. The predicted octanol–water partition coefficient (Wildman–Crippen LogP) is 2.51. The molecule has 3 N–H and O–H groups in total. The highest BCUT2D eigenvalue weighted by Crippen LogP contribution is 2.20. The number of anilines is 1. The third-order valence-corrected chi connectivity index (χ3v) is 2.98. The van der Waals surface area contributed by atoms with Crippen LogP contribution in [0.25, 0.3) is 0 Å². The largest absolute Gasteiger partial charge is 0.494 e. The summed E-state index contributed by atoms with van der Waals surface area (Å²) in [5.41, 5.74) is -0.373. The Hall–Kier alpha value is -1.82. The number of methoxy groups -OCH3 is 1. The number of hydrogen-bond donors (Lipinski definition) is 3. The van der Waals surface area contributed by atoms with Gasteiger partial charge in [0.25, 0.3) is 0 Å². The van der Waals surface area contributed by atoms with E-state index in [0.717, 1.165) is 6.42 Å². The van der Waals surface area contributed by atoms with Crippen LogP contribution in [0.5, 0.6) is 5.75 Å². The molecule has 6 heteroatoms. The van der Waals surface area contributed by atoms with E-state index in [1.165, 1.54) is 25.3 Å². The minimum absolute atomic E-state index is 0.113. The SMILES string of the molecule is CCCC(C)(CO)NC(=O)Nc1ccc(OC)c(F)c1. The van der Waals surface area contributed by atoms with Crippen LogP contribution in [0.1, 0.15) is 26.7 Å². The Kier molecular flexibility index (Phi) is 5.76. The van der Waals surface area contributed by atoms with Gasteiger partial charge in [-0.15, -0.1) is 0 Å². The first-order valence-corrected chi connectivity index (χ1v) is 6.47. The van der Waals surface area contributed by atoms with Crippen molar-refractivity contribution in [1.29, 1.82) is 0 Å². The Morgan fingerprint density at radius 3 is 2.70 bits per heavy atom. The molecule has 112 valence electrons. The first kappa shape index (κ1) is 16.2. The van der Waals surface area contributed by atoms with Crippen LogP contribution in [0.15, 0.2) is 18.2 Å². The minimum atomic E-state index is -0.691. The molecule has 1 aromatic rings. The van der Waals surface area contributed by atoms with Crippen LogP contribution in [0, 0.1) is 5.82 Å². The maximum atomic E-state index is 13.5. The molecule has 1 unspecified atom stereocenters. The van der Waals surface area contributed by atoms with Gasteiger partial charge in [0.05, 0.1) is 19.3 Å². The lowest BCUT2D eigenvalue weighted by Gasteiger charge is -2.28. The molecule has 0 bridgehead atoms. The van der Waals surface area contributed by atoms with E-state index in [1.807, 2.05) is 6.92 Å². The number of amides is 2. The van der Waals surface area contributed by atoms with Crippen molar-refractivity contribution < 1.29 is 19.0 Å². The van der Waals surface area contributed by atoms with E-state index in [9.17, 15) is 14.3 Å². The molecule has 0 aliphatic carbocycles. The van der Waals surface area contributed by atoms with Crippen LogP contribution in [-0.2, 0) is 0 Å². The Morgan fingerprint density at radius 1 is 1.50 bits per heavy atom. The zero-order valence-electron chi connectivity index (χ0n) is 12.0. The van der Waals surface area contributed by atoms with Gasteiger partial charge < -0.3 is 20.5 Å². The van der Waals surface area contributed by atoms with E-state index in [2.05, 4.69) is 10.6 Å². The number of urea groups is 1. The molecule has 1 aromatic carbocycles. The summed E-state index contributed by atoms with van der Waals surface area (Å²) in [5.74, 6) is -0.439. The second kappa shape index (κ2) is 7.09. The quantitative estimate of drug-likeness (QED) is 0.751. The summed E-state index contributed by atoms with van der Waals surface area (Å²) in [6.07, 6.45) is 1.47. The van der Waals surface area contributed by atoms with Crippen LogP contribution < -0.4 is 15.4 Å². The number of nitrogens with one attached hydrogen (secondary N) is 2. The number of benzene rings is 1. The van der Waals surface area contributed by atoms with E-state index in [4.69, 9.17) is 4.74 Å². The molecule has 0 saturated heterocycles. The molecule has 0 fully saturated rings. The third kappa shape index (κ3) is 4.38. The maximum absolute atomic E-state index is 13.5. The van der Waals surface area contributed by atoms with Gasteiger partial charge in [-0.05, 0) is 25.5 Å². The summed E-state index contributed by atoms with van der Waals surface area (Å²) >= 11 is 0. The number of carbonyl (C=O) groups is 1. The average Bonchev–Trinajstić information content (AvgIpc) is 2.39. The number of carbonyl (C=O) groups excluding carboxylic acids is 1. The number of aliphatic hydroxyl groups excluding tert-OH is 1. The molecular formula is C14H21FN2O3. The van der Waals surface area contributed by atoms with Gasteiger partial charge in [-0.25, -0.2) is 9.18 Å². The molecule has 5 nitrogen and oxygen atoms in total. The molecule has 0 radical (unpaired) electrons.